The van der Waals surface area contributed by atoms with Gasteiger partial charge in [-0.25, -0.2) is 0 Å². The SMILES string of the molecule is OC[C@H]1O[C@@H](N2CCc3ccccc32)[C@H](O)[C@@H](O)[C@@H]1O. The Kier molecular flexibility index (Phi) is 3.66. The summed E-state index contributed by atoms with van der Waals surface area (Å²) in [6.07, 6.45) is -4.67. The molecule has 5 atom stereocenters. The van der Waals surface area contributed by atoms with Crippen LogP contribution in [0.2, 0.25) is 0 Å². The molecule has 0 unspecified atom stereocenters. The predicted molar refractivity (Wildman–Crippen MR) is 71.3 cm³/mol. The summed E-state index contributed by atoms with van der Waals surface area (Å²) in [4.78, 5) is 1.87. The Morgan fingerprint density at radius 3 is 2.60 bits per heavy atom. The summed E-state index contributed by atoms with van der Waals surface area (Å²) < 4.78 is 5.59. The first-order valence-corrected chi connectivity index (χ1v) is 6.78. The standard InChI is InChI=1S/C14H19NO5/c16-7-10-11(17)12(18)13(19)14(20-10)15-6-5-8-3-1-2-4-9(8)15/h1-4,10-14,16-19H,5-7H2/t10-,11-,12+,13-,14-/m1/s1. The number of benzene rings is 1. The van der Waals surface area contributed by atoms with Gasteiger partial charge in [0.2, 0.25) is 0 Å². The highest BCUT2D eigenvalue weighted by molar-refractivity contribution is 5.58. The molecule has 2 aliphatic heterocycles. The van der Waals surface area contributed by atoms with Crippen LogP contribution in [0.15, 0.2) is 24.3 Å². The second-order valence-electron chi connectivity index (χ2n) is 5.29. The molecule has 1 aromatic rings. The van der Waals surface area contributed by atoms with Gasteiger partial charge in [0.15, 0.2) is 6.23 Å². The van der Waals surface area contributed by atoms with Crippen LogP contribution in [0.1, 0.15) is 5.56 Å². The molecule has 0 aliphatic carbocycles. The van der Waals surface area contributed by atoms with Gasteiger partial charge in [-0.3, -0.25) is 0 Å². The maximum atomic E-state index is 10.1. The second kappa shape index (κ2) is 5.31. The van der Waals surface area contributed by atoms with Crippen LogP contribution in [0.5, 0.6) is 0 Å². The second-order valence-corrected chi connectivity index (χ2v) is 5.29. The van der Waals surface area contributed by atoms with Gasteiger partial charge in [-0.15, -0.1) is 0 Å². The van der Waals surface area contributed by atoms with Gasteiger partial charge >= 0.3 is 0 Å². The lowest BCUT2D eigenvalue weighted by Crippen LogP contribution is -2.63. The molecule has 1 aromatic carbocycles. The molecule has 0 saturated carbocycles. The molecule has 0 amide bonds. The number of rotatable bonds is 2. The van der Waals surface area contributed by atoms with Crippen LogP contribution in [0, 0.1) is 0 Å². The highest BCUT2D eigenvalue weighted by atomic mass is 16.6. The van der Waals surface area contributed by atoms with Crippen molar-refractivity contribution in [1.82, 2.24) is 0 Å². The van der Waals surface area contributed by atoms with E-state index in [4.69, 9.17) is 4.74 Å². The predicted octanol–water partition coefficient (Wildman–Crippen LogP) is -1.15. The maximum absolute atomic E-state index is 10.1. The van der Waals surface area contributed by atoms with Crippen LogP contribution < -0.4 is 4.90 Å². The van der Waals surface area contributed by atoms with E-state index >= 15 is 0 Å². The first-order chi connectivity index (χ1) is 9.63. The summed E-state index contributed by atoms with van der Waals surface area (Å²) in [5.41, 5.74) is 2.11. The lowest BCUT2D eigenvalue weighted by molar-refractivity contribution is -0.228. The smallest absolute Gasteiger partial charge is 0.159 e. The van der Waals surface area contributed by atoms with Crippen LogP contribution >= 0.6 is 0 Å². The maximum Gasteiger partial charge on any atom is 0.159 e. The van der Waals surface area contributed by atoms with Gasteiger partial charge in [0.25, 0.3) is 0 Å². The summed E-state index contributed by atoms with van der Waals surface area (Å²) in [5.74, 6) is 0. The molecule has 2 aliphatic rings. The number of fused-ring (bicyclic) bond motifs is 1. The number of hydrogen-bond donors (Lipinski definition) is 4. The van der Waals surface area contributed by atoms with E-state index in [-0.39, 0.29) is 0 Å². The Bertz CT molecular complexity index is 480. The summed E-state index contributed by atoms with van der Waals surface area (Å²) >= 11 is 0. The number of aliphatic hydroxyl groups is 4. The largest absolute Gasteiger partial charge is 0.394 e. The van der Waals surface area contributed by atoms with Gasteiger partial charge in [-0.1, -0.05) is 18.2 Å². The molecule has 2 heterocycles. The van der Waals surface area contributed by atoms with Crippen molar-refractivity contribution in [2.45, 2.75) is 37.1 Å². The normalized spacial score (nSPS) is 37.0. The molecule has 20 heavy (non-hydrogen) atoms. The van der Waals surface area contributed by atoms with Crippen molar-refractivity contribution >= 4 is 5.69 Å². The Hall–Kier alpha value is -1.18. The molecule has 0 aromatic heterocycles. The van der Waals surface area contributed by atoms with Crippen molar-refractivity contribution in [1.29, 1.82) is 0 Å². The fourth-order valence-electron chi connectivity index (χ4n) is 2.97. The zero-order valence-electron chi connectivity index (χ0n) is 11.0. The molecule has 1 fully saturated rings. The average molecular weight is 281 g/mol. The Morgan fingerprint density at radius 1 is 1.10 bits per heavy atom. The van der Waals surface area contributed by atoms with E-state index in [1.807, 2.05) is 29.2 Å². The monoisotopic (exact) mass is 281 g/mol. The number of aliphatic hydroxyl groups excluding tert-OH is 4. The quantitative estimate of drug-likeness (QED) is 0.547. The van der Waals surface area contributed by atoms with Gasteiger partial charge in [-0.05, 0) is 18.1 Å². The van der Waals surface area contributed by atoms with Crippen molar-refractivity contribution in [3.8, 4) is 0 Å². The zero-order valence-corrected chi connectivity index (χ0v) is 11.0. The third kappa shape index (κ3) is 2.10. The van der Waals surface area contributed by atoms with Crippen molar-refractivity contribution in [2.75, 3.05) is 18.1 Å². The molecule has 110 valence electrons. The summed E-state index contributed by atoms with van der Waals surface area (Å²) in [5, 5.41) is 39.0. The van der Waals surface area contributed by atoms with Crippen molar-refractivity contribution in [2.24, 2.45) is 0 Å². The van der Waals surface area contributed by atoms with E-state index in [2.05, 4.69) is 0 Å². The minimum absolute atomic E-state index is 0.406. The third-order valence-corrected chi connectivity index (χ3v) is 4.10. The number of nitrogens with zero attached hydrogens (tertiary/aromatic N) is 1. The minimum Gasteiger partial charge on any atom is -0.394 e. The van der Waals surface area contributed by atoms with E-state index < -0.39 is 37.3 Å². The van der Waals surface area contributed by atoms with Gasteiger partial charge < -0.3 is 30.1 Å². The first kappa shape index (κ1) is 13.8. The molecule has 6 heteroatoms. The number of anilines is 1. The molecule has 0 spiro atoms. The van der Waals surface area contributed by atoms with Gasteiger partial charge in [0.1, 0.15) is 24.4 Å². The van der Waals surface area contributed by atoms with E-state index in [1.54, 1.807) is 0 Å². The average Bonchev–Trinajstić information content (AvgIpc) is 2.89. The summed E-state index contributed by atoms with van der Waals surface area (Å²) in [7, 11) is 0. The van der Waals surface area contributed by atoms with E-state index in [0.717, 1.165) is 17.7 Å². The molecule has 0 bridgehead atoms. The van der Waals surface area contributed by atoms with Crippen LogP contribution in [-0.2, 0) is 11.2 Å². The van der Waals surface area contributed by atoms with Gasteiger partial charge in [-0.2, -0.15) is 0 Å². The highest BCUT2D eigenvalue weighted by Gasteiger charge is 2.46. The first-order valence-electron chi connectivity index (χ1n) is 6.78. The molecular weight excluding hydrogens is 262 g/mol. The molecular formula is C14H19NO5. The van der Waals surface area contributed by atoms with Crippen molar-refractivity contribution in [3.05, 3.63) is 29.8 Å². The van der Waals surface area contributed by atoms with Gasteiger partial charge in [0, 0.05) is 12.2 Å². The van der Waals surface area contributed by atoms with Crippen LogP contribution in [0.25, 0.3) is 0 Å². The summed E-state index contributed by atoms with van der Waals surface area (Å²) in [6, 6.07) is 7.81. The number of ether oxygens (including phenoxy) is 1. The van der Waals surface area contributed by atoms with Crippen LogP contribution in [0.4, 0.5) is 5.69 Å². The lowest BCUT2D eigenvalue weighted by atomic mass is 9.97. The van der Waals surface area contributed by atoms with Crippen LogP contribution in [0.3, 0.4) is 0 Å². The fraction of sp³-hybridized carbons (Fsp3) is 0.571. The van der Waals surface area contributed by atoms with Crippen LogP contribution in [-0.4, -0.2) is 64.2 Å². The number of para-hydroxylation sites is 1. The van der Waals surface area contributed by atoms with E-state index in [9.17, 15) is 20.4 Å². The van der Waals surface area contributed by atoms with E-state index in [0.29, 0.717) is 6.54 Å². The molecule has 0 radical (unpaired) electrons. The topological polar surface area (TPSA) is 93.4 Å². The summed E-state index contributed by atoms with van der Waals surface area (Å²) in [6.45, 7) is 0.263. The molecule has 1 saturated heterocycles. The Labute approximate surface area is 116 Å². The van der Waals surface area contributed by atoms with Gasteiger partial charge in [0.05, 0.1) is 6.61 Å². The highest BCUT2D eigenvalue weighted by Crippen LogP contribution is 2.33. The molecule has 3 rings (SSSR count). The molecule has 4 N–H and O–H groups in total. The Balaban J connectivity index is 1.87. The number of hydrogen-bond acceptors (Lipinski definition) is 6. The van der Waals surface area contributed by atoms with Crippen molar-refractivity contribution < 1.29 is 25.2 Å². The minimum atomic E-state index is -1.33. The van der Waals surface area contributed by atoms with E-state index in [1.165, 1.54) is 0 Å². The Morgan fingerprint density at radius 2 is 1.85 bits per heavy atom. The molecule has 6 nitrogen and oxygen atoms in total. The lowest BCUT2D eigenvalue weighted by Gasteiger charge is -2.44. The zero-order chi connectivity index (χ0) is 14.3. The fourth-order valence-corrected chi connectivity index (χ4v) is 2.97. The van der Waals surface area contributed by atoms with Crippen molar-refractivity contribution in [3.63, 3.8) is 0 Å². The third-order valence-electron chi connectivity index (χ3n) is 4.10.